The quantitative estimate of drug-likeness (QED) is 0.608. The molecule has 1 aliphatic heterocycles. The van der Waals surface area contributed by atoms with E-state index >= 15 is 0 Å². The molecular weight excluding hydrogens is 416 g/mol. The van der Waals surface area contributed by atoms with Gasteiger partial charge in [0.25, 0.3) is 11.5 Å². The topological polar surface area (TPSA) is 95.6 Å². The SMILES string of the molecule is COCCN(Cc1nc2ccccc2c(=O)[nH]1)C(=O)[C@H]1CCCN1C(=O)c1cccs1. The molecule has 0 aliphatic carbocycles. The van der Waals surface area contributed by atoms with Gasteiger partial charge in [-0.3, -0.25) is 14.4 Å². The molecule has 1 atom stereocenters. The molecule has 2 amide bonds. The summed E-state index contributed by atoms with van der Waals surface area (Å²) < 4.78 is 5.18. The number of H-pyrrole nitrogens is 1. The van der Waals surface area contributed by atoms with Crippen LogP contribution in [0.1, 0.15) is 28.3 Å². The number of hydrogen-bond acceptors (Lipinski definition) is 6. The molecule has 0 spiro atoms. The molecular formula is C22H24N4O4S. The monoisotopic (exact) mass is 440 g/mol. The Morgan fingerprint density at radius 2 is 2.13 bits per heavy atom. The molecule has 2 aromatic heterocycles. The van der Waals surface area contributed by atoms with Crippen molar-refractivity contribution in [2.45, 2.75) is 25.4 Å². The fraction of sp³-hybridized carbons (Fsp3) is 0.364. The first-order chi connectivity index (χ1) is 15.1. The average molecular weight is 441 g/mol. The highest BCUT2D eigenvalue weighted by molar-refractivity contribution is 7.12. The lowest BCUT2D eigenvalue weighted by Crippen LogP contribution is -2.48. The Kier molecular flexibility index (Phi) is 6.43. The number of aromatic amines is 1. The second kappa shape index (κ2) is 9.40. The van der Waals surface area contributed by atoms with Crippen LogP contribution in [0.4, 0.5) is 0 Å². The molecule has 3 heterocycles. The van der Waals surface area contributed by atoms with Crippen molar-refractivity contribution in [2.75, 3.05) is 26.8 Å². The third-order valence-corrected chi connectivity index (χ3v) is 6.27. The van der Waals surface area contributed by atoms with Crippen molar-refractivity contribution in [1.29, 1.82) is 0 Å². The average Bonchev–Trinajstić information content (AvgIpc) is 3.48. The number of rotatable bonds is 7. The minimum atomic E-state index is -0.529. The number of ether oxygens (including phenoxy) is 1. The zero-order valence-electron chi connectivity index (χ0n) is 17.2. The Bertz CT molecular complexity index is 1130. The van der Waals surface area contributed by atoms with Gasteiger partial charge in [0.1, 0.15) is 11.9 Å². The van der Waals surface area contributed by atoms with Crippen molar-refractivity contribution < 1.29 is 14.3 Å². The van der Waals surface area contributed by atoms with Crippen LogP contribution >= 0.6 is 11.3 Å². The van der Waals surface area contributed by atoms with Gasteiger partial charge in [0.15, 0.2) is 0 Å². The number of thiophene rings is 1. The van der Waals surface area contributed by atoms with Crippen LogP contribution in [0, 0.1) is 0 Å². The van der Waals surface area contributed by atoms with E-state index in [1.165, 1.54) is 11.3 Å². The molecule has 1 fully saturated rings. The fourth-order valence-corrected chi connectivity index (χ4v) is 4.56. The fourth-order valence-electron chi connectivity index (χ4n) is 3.88. The minimum absolute atomic E-state index is 0.116. The molecule has 31 heavy (non-hydrogen) atoms. The number of carbonyl (C=O) groups is 2. The van der Waals surface area contributed by atoms with Gasteiger partial charge in [-0.05, 0) is 36.4 Å². The lowest BCUT2D eigenvalue weighted by atomic mass is 10.1. The van der Waals surface area contributed by atoms with E-state index in [1.54, 1.807) is 41.2 Å². The summed E-state index contributed by atoms with van der Waals surface area (Å²) in [5.74, 6) is 0.132. The first-order valence-corrected chi connectivity index (χ1v) is 11.1. The van der Waals surface area contributed by atoms with Crippen LogP contribution in [0.15, 0.2) is 46.6 Å². The van der Waals surface area contributed by atoms with Gasteiger partial charge in [-0.1, -0.05) is 18.2 Å². The molecule has 1 aliphatic rings. The van der Waals surface area contributed by atoms with E-state index < -0.39 is 6.04 Å². The number of likely N-dealkylation sites (tertiary alicyclic amines) is 1. The van der Waals surface area contributed by atoms with E-state index in [1.807, 2.05) is 17.5 Å². The lowest BCUT2D eigenvalue weighted by molar-refractivity contribution is -0.136. The Balaban J connectivity index is 1.58. The van der Waals surface area contributed by atoms with Gasteiger partial charge in [0.2, 0.25) is 5.91 Å². The van der Waals surface area contributed by atoms with Crippen molar-refractivity contribution >= 4 is 34.1 Å². The van der Waals surface area contributed by atoms with Crippen LogP contribution in [0.5, 0.6) is 0 Å². The highest BCUT2D eigenvalue weighted by Gasteiger charge is 2.37. The molecule has 0 bridgehead atoms. The molecule has 8 nitrogen and oxygen atoms in total. The van der Waals surface area contributed by atoms with E-state index in [4.69, 9.17) is 4.74 Å². The highest BCUT2D eigenvalue weighted by Crippen LogP contribution is 2.24. The number of amides is 2. The second-order valence-electron chi connectivity index (χ2n) is 7.42. The predicted octanol–water partition coefficient (Wildman–Crippen LogP) is 2.26. The molecule has 1 saturated heterocycles. The van der Waals surface area contributed by atoms with E-state index in [2.05, 4.69) is 9.97 Å². The smallest absolute Gasteiger partial charge is 0.264 e. The van der Waals surface area contributed by atoms with Crippen LogP contribution in [-0.2, 0) is 16.1 Å². The number of hydrogen-bond donors (Lipinski definition) is 1. The summed E-state index contributed by atoms with van der Waals surface area (Å²) in [6.07, 6.45) is 1.39. The van der Waals surface area contributed by atoms with Gasteiger partial charge in [0, 0.05) is 20.2 Å². The lowest BCUT2D eigenvalue weighted by Gasteiger charge is -2.30. The first-order valence-electron chi connectivity index (χ1n) is 10.2. The number of methoxy groups -OCH3 is 1. The summed E-state index contributed by atoms with van der Waals surface area (Å²) in [5, 5.41) is 2.36. The van der Waals surface area contributed by atoms with Crippen molar-refractivity contribution in [3.63, 3.8) is 0 Å². The summed E-state index contributed by atoms with van der Waals surface area (Å²) in [7, 11) is 1.57. The molecule has 4 rings (SSSR count). The van der Waals surface area contributed by atoms with Gasteiger partial charge in [-0.15, -0.1) is 11.3 Å². The predicted molar refractivity (Wildman–Crippen MR) is 118 cm³/mol. The summed E-state index contributed by atoms with van der Waals surface area (Å²) >= 11 is 1.37. The van der Waals surface area contributed by atoms with Crippen LogP contribution in [0.25, 0.3) is 10.9 Å². The third kappa shape index (κ3) is 4.52. The maximum absolute atomic E-state index is 13.4. The van der Waals surface area contributed by atoms with Crippen LogP contribution in [0.3, 0.4) is 0 Å². The number of nitrogens with zero attached hydrogens (tertiary/aromatic N) is 3. The largest absolute Gasteiger partial charge is 0.383 e. The maximum atomic E-state index is 13.4. The highest BCUT2D eigenvalue weighted by atomic mass is 32.1. The second-order valence-corrected chi connectivity index (χ2v) is 8.36. The van der Waals surface area contributed by atoms with Gasteiger partial charge >= 0.3 is 0 Å². The van der Waals surface area contributed by atoms with E-state index in [-0.39, 0.29) is 23.9 Å². The summed E-state index contributed by atoms with van der Waals surface area (Å²) in [6.45, 7) is 1.37. The molecule has 0 unspecified atom stereocenters. The van der Waals surface area contributed by atoms with E-state index in [9.17, 15) is 14.4 Å². The van der Waals surface area contributed by atoms with Gasteiger partial charge in [-0.25, -0.2) is 4.98 Å². The van der Waals surface area contributed by atoms with Gasteiger partial charge < -0.3 is 19.5 Å². The Hall–Kier alpha value is -3.04. The Morgan fingerprint density at radius 1 is 1.29 bits per heavy atom. The van der Waals surface area contributed by atoms with Crippen molar-refractivity contribution in [3.8, 4) is 0 Å². The van der Waals surface area contributed by atoms with Crippen LogP contribution in [-0.4, -0.2) is 64.4 Å². The molecule has 1 aromatic carbocycles. The van der Waals surface area contributed by atoms with Crippen LogP contribution in [0.2, 0.25) is 0 Å². The van der Waals surface area contributed by atoms with E-state index in [0.717, 1.165) is 6.42 Å². The standard InChI is InChI=1S/C22H24N4O4S/c1-30-12-11-25(14-19-23-16-7-3-2-6-15(16)20(27)24-19)21(28)17-8-4-10-26(17)22(29)18-9-5-13-31-18/h2-3,5-7,9,13,17H,4,8,10-12,14H2,1H3,(H,23,24,27)/t17-/m1/s1. The van der Waals surface area contributed by atoms with Gasteiger partial charge in [0.05, 0.1) is 28.9 Å². The molecule has 9 heteroatoms. The zero-order chi connectivity index (χ0) is 21.8. The third-order valence-electron chi connectivity index (χ3n) is 5.41. The van der Waals surface area contributed by atoms with Crippen molar-refractivity contribution in [3.05, 3.63) is 62.8 Å². The molecule has 0 radical (unpaired) electrons. The summed E-state index contributed by atoms with van der Waals surface area (Å²) in [5.41, 5.74) is 0.339. The molecule has 1 N–H and O–H groups in total. The first kappa shape index (κ1) is 21.2. The van der Waals surface area contributed by atoms with Crippen LogP contribution < -0.4 is 5.56 Å². The Labute approximate surface area is 183 Å². The number of benzene rings is 1. The number of aromatic nitrogens is 2. The summed E-state index contributed by atoms with van der Waals surface area (Å²) in [6, 6.07) is 10.2. The number of nitrogens with one attached hydrogen (secondary N) is 1. The maximum Gasteiger partial charge on any atom is 0.264 e. The number of carbonyl (C=O) groups excluding carboxylic acids is 2. The number of para-hydroxylation sites is 1. The molecule has 3 aromatic rings. The Morgan fingerprint density at radius 3 is 2.90 bits per heavy atom. The number of fused-ring (bicyclic) bond motifs is 1. The van der Waals surface area contributed by atoms with Crippen molar-refractivity contribution in [2.24, 2.45) is 0 Å². The molecule has 0 saturated carbocycles. The minimum Gasteiger partial charge on any atom is -0.383 e. The van der Waals surface area contributed by atoms with Crippen molar-refractivity contribution in [1.82, 2.24) is 19.8 Å². The van der Waals surface area contributed by atoms with E-state index in [0.29, 0.717) is 47.7 Å². The van der Waals surface area contributed by atoms with Gasteiger partial charge in [-0.2, -0.15) is 0 Å². The summed E-state index contributed by atoms with van der Waals surface area (Å²) in [4.78, 5) is 50.0. The molecule has 162 valence electrons. The normalized spacial score (nSPS) is 16.0. The zero-order valence-corrected chi connectivity index (χ0v) is 18.1.